The van der Waals surface area contributed by atoms with Crippen molar-refractivity contribution in [3.8, 4) is 0 Å². The molecule has 0 spiro atoms. The number of carbonyl (C=O) groups excluding carboxylic acids is 3. The molecule has 0 bridgehead atoms. The van der Waals surface area contributed by atoms with Gasteiger partial charge in [0.1, 0.15) is 36.4 Å². The lowest BCUT2D eigenvalue weighted by Crippen LogP contribution is -2.47. The van der Waals surface area contributed by atoms with Crippen molar-refractivity contribution in [1.82, 2.24) is 19.7 Å². The molecule has 3 aromatic rings. The van der Waals surface area contributed by atoms with E-state index in [2.05, 4.69) is 10.1 Å². The Kier molecular flexibility index (Phi) is 7.23. The first-order valence-electron chi connectivity index (χ1n) is 11.0. The second kappa shape index (κ2) is 10.2. The van der Waals surface area contributed by atoms with Crippen molar-refractivity contribution >= 4 is 40.0 Å². The van der Waals surface area contributed by atoms with Gasteiger partial charge in [0.15, 0.2) is 11.6 Å². The van der Waals surface area contributed by atoms with Gasteiger partial charge in [-0.1, -0.05) is 23.7 Å². The van der Waals surface area contributed by atoms with Crippen LogP contribution in [0, 0.1) is 5.82 Å². The van der Waals surface area contributed by atoms with Crippen molar-refractivity contribution in [3.05, 3.63) is 58.8 Å². The van der Waals surface area contributed by atoms with E-state index in [9.17, 15) is 23.2 Å². The van der Waals surface area contributed by atoms with Crippen LogP contribution in [0.4, 0.5) is 8.78 Å². The number of hydrogen-bond acceptors (Lipinski definition) is 6. The van der Waals surface area contributed by atoms with Gasteiger partial charge in [-0.2, -0.15) is 5.10 Å². The van der Waals surface area contributed by atoms with E-state index in [4.69, 9.17) is 16.3 Å². The lowest BCUT2D eigenvalue weighted by atomic mass is 9.99. The molecule has 8 nitrogen and oxygen atoms in total. The van der Waals surface area contributed by atoms with Crippen LogP contribution in [0.15, 0.2) is 36.7 Å². The molecule has 0 radical (unpaired) electrons. The minimum Gasteiger partial charge on any atom is -0.376 e. The molecule has 0 unspecified atom stereocenters. The highest BCUT2D eigenvalue weighted by Crippen LogP contribution is 2.28. The Balaban J connectivity index is 1.56. The first kappa shape index (κ1) is 24.9. The number of halogens is 3. The summed E-state index contributed by atoms with van der Waals surface area (Å²) in [5.41, 5.74) is 0.926. The van der Waals surface area contributed by atoms with E-state index in [-0.39, 0.29) is 48.0 Å². The minimum absolute atomic E-state index is 0.0376. The summed E-state index contributed by atoms with van der Waals surface area (Å²) in [5, 5.41) is 4.67. The highest BCUT2D eigenvalue weighted by Gasteiger charge is 2.48. The number of rotatable bonds is 8. The first-order chi connectivity index (χ1) is 16.7. The van der Waals surface area contributed by atoms with Gasteiger partial charge in [-0.05, 0) is 24.1 Å². The monoisotopic (exact) mass is 504 g/mol. The van der Waals surface area contributed by atoms with Gasteiger partial charge in [-0.25, -0.2) is 8.78 Å². The zero-order chi connectivity index (χ0) is 25.3. The van der Waals surface area contributed by atoms with Crippen LogP contribution in [0.25, 0.3) is 10.9 Å². The normalized spacial score (nSPS) is 19.9. The topological polar surface area (TPSA) is 94.4 Å². The highest BCUT2D eigenvalue weighted by atomic mass is 35.5. The molecule has 2 aromatic heterocycles. The zero-order valence-corrected chi connectivity index (χ0v) is 19.8. The fraction of sp³-hybridized carbons (Fsp3) is 0.375. The summed E-state index contributed by atoms with van der Waals surface area (Å²) in [4.78, 5) is 43.5. The van der Waals surface area contributed by atoms with Crippen LogP contribution in [-0.4, -0.2) is 69.1 Å². The second-order valence-corrected chi connectivity index (χ2v) is 8.75. The number of methoxy groups -OCH3 is 1. The molecule has 1 aliphatic heterocycles. The number of likely N-dealkylation sites (tertiary alicyclic amines) is 1. The number of benzene rings is 1. The van der Waals surface area contributed by atoms with Crippen LogP contribution in [0.2, 0.25) is 5.02 Å². The Bertz CT molecular complexity index is 1300. The average Bonchev–Trinajstić information content (AvgIpc) is 3.37. The summed E-state index contributed by atoms with van der Waals surface area (Å²) in [6.07, 6.45) is 0.161. The number of aryl methyl sites for hydroxylation is 1. The highest BCUT2D eigenvalue weighted by molar-refractivity contribution is 6.30. The second-order valence-electron chi connectivity index (χ2n) is 8.34. The van der Waals surface area contributed by atoms with Crippen LogP contribution in [0.5, 0.6) is 0 Å². The maximum Gasteiger partial charge on any atom is 0.245 e. The van der Waals surface area contributed by atoms with Gasteiger partial charge in [0.2, 0.25) is 5.91 Å². The van der Waals surface area contributed by atoms with Crippen LogP contribution in [0.1, 0.15) is 29.4 Å². The van der Waals surface area contributed by atoms with Gasteiger partial charge in [0.05, 0.1) is 17.1 Å². The van der Waals surface area contributed by atoms with Crippen LogP contribution in [-0.2, 0) is 27.3 Å². The Morgan fingerprint density at radius 3 is 2.74 bits per heavy atom. The van der Waals surface area contributed by atoms with E-state index in [0.29, 0.717) is 10.9 Å². The molecular weight excluding hydrogens is 482 g/mol. The third-order valence-electron chi connectivity index (χ3n) is 6.14. The van der Waals surface area contributed by atoms with E-state index in [1.807, 2.05) is 0 Å². The molecule has 4 rings (SSSR count). The predicted octanol–water partition coefficient (Wildman–Crippen LogP) is 3.19. The standard InChI is InChI=1S/C24H23ClF2N4O4/c1-13(32)22-15-10-28-9-8-18(15)31(29-22)12-20(34)30-11-17(26)24(35-2)23(30)19(33)7-6-14-4-3-5-16(25)21(14)27/h3-5,8-10,17,23-24H,6-7,11-12H2,1-2H3/t17-,23+,24+/m0/s1. The third kappa shape index (κ3) is 4.81. The third-order valence-corrected chi connectivity index (χ3v) is 6.43. The van der Waals surface area contributed by atoms with Crippen LogP contribution >= 0.6 is 11.6 Å². The molecule has 11 heteroatoms. The first-order valence-corrected chi connectivity index (χ1v) is 11.3. The summed E-state index contributed by atoms with van der Waals surface area (Å²) >= 11 is 5.81. The van der Waals surface area contributed by atoms with Crippen molar-refractivity contribution in [3.63, 3.8) is 0 Å². The number of aromatic nitrogens is 3. The maximum absolute atomic E-state index is 14.8. The Hall–Kier alpha value is -3.24. The van der Waals surface area contributed by atoms with Crippen molar-refractivity contribution in [2.75, 3.05) is 13.7 Å². The van der Waals surface area contributed by atoms with Crippen molar-refractivity contribution in [1.29, 1.82) is 0 Å². The van der Waals surface area contributed by atoms with Gasteiger partial charge in [-0.3, -0.25) is 24.0 Å². The van der Waals surface area contributed by atoms with E-state index >= 15 is 0 Å². The SMILES string of the molecule is CO[C@H]1[C@@H](C(=O)CCc2cccc(Cl)c2F)N(C(=O)Cn2nc(C(C)=O)c3cnccc32)C[C@@H]1F. The number of ether oxygens (including phenoxy) is 1. The summed E-state index contributed by atoms with van der Waals surface area (Å²) in [6, 6.07) is 4.93. The Morgan fingerprint density at radius 2 is 2.03 bits per heavy atom. The zero-order valence-electron chi connectivity index (χ0n) is 19.1. The van der Waals surface area contributed by atoms with Crippen molar-refractivity contribution in [2.24, 2.45) is 0 Å². The van der Waals surface area contributed by atoms with Gasteiger partial charge in [0.25, 0.3) is 0 Å². The molecule has 3 heterocycles. The molecule has 35 heavy (non-hydrogen) atoms. The van der Waals surface area contributed by atoms with E-state index < -0.39 is 35.8 Å². The van der Waals surface area contributed by atoms with E-state index in [1.165, 1.54) is 43.2 Å². The Labute approximate surface area is 204 Å². The number of hydrogen-bond donors (Lipinski definition) is 0. The molecule has 1 aliphatic rings. The summed E-state index contributed by atoms with van der Waals surface area (Å²) < 4.78 is 35.6. The van der Waals surface area contributed by atoms with Gasteiger partial charge < -0.3 is 9.64 Å². The van der Waals surface area contributed by atoms with Crippen molar-refractivity contribution < 1.29 is 27.9 Å². The molecule has 1 amide bonds. The fourth-order valence-electron chi connectivity index (χ4n) is 4.44. The van der Waals surface area contributed by atoms with Gasteiger partial charge >= 0.3 is 0 Å². The summed E-state index contributed by atoms with van der Waals surface area (Å²) in [7, 11) is 1.27. The number of nitrogens with zero attached hydrogens (tertiary/aromatic N) is 4. The smallest absolute Gasteiger partial charge is 0.245 e. The lowest BCUT2D eigenvalue weighted by molar-refractivity contribution is -0.140. The number of ketones is 2. The van der Waals surface area contributed by atoms with Gasteiger partial charge in [0, 0.05) is 38.2 Å². The van der Waals surface area contributed by atoms with Crippen LogP contribution < -0.4 is 0 Å². The number of Topliss-reactive ketones (excluding diaryl/α,β-unsaturated/α-hetero) is 2. The number of amides is 1. The largest absolute Gasteiger partial charge is 0.376 e. The number of pyridine rings is 1. The molecule has 0 saturated carbocycles. The summed E-state index contributed by atoms with van der Waals surface area (Å²) in [6.45, 7) is 0.707. The number of carbonyl (C=O) groups is 3. The van der Waals surface area contributed by atoms with Crippen LogP contribution in [0.3, 0.4) is 0 Å². The number of alkyl halides is 1. The van der Waals surface area contributed by atoms with E-state index in [0.717, 1.165) is 4.90 Å². The molecular formula is C24H23ClF2N4O4. The Morgan fingerprint density at radius 1 is 1.26 bits per heavy atom. The lowest BCUT2D eigenvalue weighted by Gasteiger charge is -2.26. The summed E-state index contributed by atoms with van der Waals surface area (Å²) in [5.74, 6) is -1.92. The minimum atomic E-state index is -1.58. The molecule has 1 fully saturated rings. The quantitative estimate of drug-likeness (QED) is 0.437. The molecule has 184 valence electrons. The molecule has 3 atom stereocenters. The molecule has 0 aliphatic carbocycles. The van der Waals surface area contributed by atoms with E-state index in [1.54, 1.807) is 12.1 Å². The average molecular weight is 505 g/mol. The number of fused-ring (bicyclic) bond motifs is 1. The fourth-order valence-corrected chi connectivity index (χ4v) is 4.64. The maximum atomic E-state index is 14.8. The predicted molar refractivity (Wildman–Crippen MR) is 123 cm³/mol. The molecule has 0 N–H and O–H groups in total. The van der Waals surface area contributed by atoms with Crippen molar-refractivity contribution in [2.45, 2.75) is 44.6 Å². The molecule has 1 aromatic carbocycles. The molecule has 1 saturated heterocycles. The van der Waals surface area contributed by atoms with Gasteiger partial charge in [-0.15, -0.1) is 0 Å².